The predicted molar refractivity (Wildman–Crippen MR) is 43.4 cm³/mol. The molecule has 0 saturated carbocycles. The van der Waals surface area contributed by atoms with Gasteiger partial charge in [0.15, 0.2) is 0 Å². The van der Waals surface area contributed by atoms with Crippen LogP contribution < -0.4 is 4.90 Å². The SMILES string of the molecule is Cc1cncc(N(C)C=O)c1. The molecule has 3 heteroatoms. The van der Waals surface area contributed by atoms with Crippen LogP contribution in [0.2, 0.25) is 0 Å². The molecule has 0 fully saturated rings. The Bertz CT molecular complexity index is 260. The van der Waals surface area contributed by atoms with E-state index in [0.717, 1.165) is 17.7 Å². The van der Waals surface area contributed by atoms with E-state index < -0.39 is 0 Å². The van der Waals surface area contributed by atoms with Crippen molar-refractivity contribution in [3.05, 3.63) is 24.0 Å². The molecular weight excluding hydrogens is 140 g/mol. The standard InChI is InChI=1S/C8H10N2O/c1-7-3-8(5-9-4-7)10(2)6-11/h3-6H,1-2H3. The van der Waals surface area contributed by atoms with Crippen molar-refractivity contribution in [1.29, 1.82) is 0 Å². The highest BCUT2D eigenvalue weighted by atomic mass is 16.1. The van der Waals surface area contributed by atoms with E-state index in [2.05, 4.69) is 4.98 Å². The number of rotatable bonds is 2. The highest BCUT2D eigenvalue weighted by Crippen LogP contribution is 2.09. The van der Waals surface area contributed by atoms with Crippen LogP contribution in [0.15, 0.2) is 18.5 Å². The summed E-state index contributed by atoms with van der Waals surface area (Å²) >= 11 is 0. The van der Waals surface area contributed by atoms with Crippen molar-refractivity contribution in [3.8, 4) is 0 Å². The molecule has 0 N–H and O–H groups in total. The third-order valence-electron chi connectivity index (χ3n) is 1.43. The van der Waals surface area contributed by atoms with Gasteiger partial charge in [0.05, 0.1) is 11.9 Å². The smallest absolute Gasteiger partial charge is 0.213 e. The van der Waals surface area contributed by atoms with E-state index in [4.69, 9.17) is 0 Å². The molecule has 1 aromatic heterocycles. The molecule has 0 atom stereocenters. The molecule has 0 spiro atoms. The van der Waals surface area contributed by atoms with Crippen LogP contribution in [0.3, 0.4) is 0 Å². The van der Waals surface area contributed by atoms with Crippen molar-refractivity contribution in [1.82, 2.24) is 4.98 Å². The van der Waals surface area contributed by atoms with Crippen molar-refractivity contribution in [2.24, 2.45) is 0 Å². The number of hydrogen-bond donors (Lipinski definition) is 0. The van der Waals surface area contributed by atoms with E-state index in [1.54, 1.807) is 19.4 Å². The number of carbonyl (C=O) groups excluding carboxylic acids is 1. The van der Waals surface area contributed by atoms with Crippen molar-refractivity contribution in [3.63, 3.8) is 0 Å². The van der Waals surface area contributed by atoms with E-state index in [1.165, 1.54) is 4.90 Å². The van der Waals surface area contributed by atoms with Gasteiger partial charge < -0.3 is 4.90 Å². The first kappa shape index (κ1) is 7.72. The molecule has 1 aromatic rings. The molecule has 0 aliphatic rings. The van der Waals surface area contributed by atoms with Crippen LogP contribution in [-0.4, -0.2) is 18.4 Å². The van der Waals surface area contributed by atoms with Crippen LogP contribution in [-0.2, 0) is 4.79 Å². The largest absolute Gasteiger partial charge is 0.317 e. The van der Waals surface area contributed by atoms with Gasteiger partial charge in [0.2, 0.25) is 6.41 Å². The Labute approximate surface area is 65.7 Å². The van der Waals surface area contributed by atoms with Crippen LogP contribution in [0, 0.1) is 6.92 Å². The first-order valence-corrected chi connectivity index (χ1v) is 3.34. The van der Waals surface area contributed by atoms with Crippen LogP contribution in [0.4, 0.5) is 5.69 Å². The molecular formula is C8H10N2O. The number of hydrogen-bond acceptors (Lipinski definition) is 2. The molecule has 0 saturated heterocycles. The quantitative estimate of drug-likeness (QED) is 0.589. The van der Waals surface area contributed by atoms with E-state index >= 15 is 0 Å². The minimum atomic E-state index is 0.760. The van der Waals surface area contributed by atoms with Crippen molar-refractivity contribution in [2.75, 3.05) is 11.9 Å². The Hall–Kier alpha value is -1.38. The van der Waals surface area contributed by atoms with Crippen LogP contribution in [0.25, 0.3) is 0 Å². The highest BCUT2D eigenvalue weighted by molar-refractivity contribution is 5.73. The monoisotopic (exact) mass is 150 g/mol. The molecule has 3 nitrogen and oxygen atoms in total. The average molecular weight is 150 g/mol. The molecule has 58 valence electrons. The minimum Gasteiger partial charge on any atom is -0.317 e. The van der Waals surface area contributed by atoms with Gasteiger partial charge in [0.1, 0.15) is 0 Å². The molecule has 0 aliphatic heterocycles. The van der Waals surface area contributed by atoms with Crippen LogP contribution in [0.1, 0.15) is 5.56 Å². The second-order valence-corrected chi connectivity index (χ2v) is 2.44. The first-order chi connectivity index (χ1) is 5.24. The lowest BCUT2D eigenvalue weighted by Crippen LogP contribution is -2.13. The summed E-state index contributed by atoms with van der Waals surface area (Å²) in [6, 6.07) is 1.90. The molecule has 0 radical (unpaired) electrons. The van der Waals surface area contributed by atoms with Crippen molar-refractivity contribution in [2.45, 2.75) is 6.92 Å². The lowest BCUT2D eigenvalue weighted by Gasteiger charge is -2.09. The van der Waals surface area contributed by atoms with Crippen LogP contribution in [0.5, 0.6) is 0 Å². The number of pyridine rings is 1. The van der Waals surface area contributed by atoms with Gasteiger partial charge in [0, 0.05) is 13.2 Å². The molecule has 1 rings (SSSR count). The van der Waals surface area contributed by atoms with Crippen molar-refractivity contribution >= 4 is 12.1 Å². The summed E-state index contributed by atoms with van der Waals surface area (Å²) in [4.78, 5) is 15.8. The second-order valence-electron chi connectivity index (χ2n) is 2.44. The van der Waals surface area contributed by atoms with Gasteiger partial charge in [-0.05, 0) is 18.6 Å². The van der Waals surface area contributed by atoms with Gasteiger partial charge >= 0.3 is 0 Å². The molecule has 1 amide bonds. The minimum absolute atomic E-state index is 0.760. The summed E-state index contributed by atoms with van der Waals surface area (Å²) in [5.74, 6) is 0. The van der Waals surface area contributed by atoms with Gasteiger partial charge in [-0.2, -0.15) is 0 Å². The van der Waals surface area contributed by atoms with Gasteiger partial charge in [-0.1, -0.05) is 0 Å². The second kappa shape index (κ2) is 3.14. The fraction of sp³-hybridized carbons (Fsp3) is 0.250. The fourth-order valence-corrected chi connectivity index (χ4v) is 0.793. The number of aromatic nitrogens is 1. The summed E-state index contributed by atoms with van der Waals surface area (Å²) in [5, 5.41) is 0. The van der Waals surface area contributed by atoms with Crippen molar-refractivity contribution < 1.29 is 4.79 Å². The fourth-order valence-electron chi connectivity index (χ4n) is 0.793. The van der Waals surface area contributed by atoms with Gasteiger partial charge in [0.25, 0.3) is 0 Å². The lowest BCUT2D eigenvalue weighted by molar-refractivity contribution is -0.107. The number of anilines is 1. The summed E-state index contributed by atoms with van der Waals surface area (Å²) in [7, 11) is 1.70. The third-order valence-corrected chi connectivity index (χ3v) is 1.43. The summed E-state index contributed by atoms with van der Waals surface area (Å²) in [5.41, 5.74) is 1.87. The van der Waals surface area contributed by atoms with E-state index in [1.807, 2.05) is 13.0 Å². The third kappa shape index (κ3) is 1.77. The number of nitrogens with zero attached hydrogens (tertiary/aromatic N) is 2. The molecule has 11 heavy (non-hydrogen) atoms. The summed E-state index contributed by atoms with van der Waals surface area (Å²) in [6.07, 6.45) is 4.17. The Morgan fingerprint density at radius 3 is 2.82 bits per heavy atom. The van der Waals surface area contributed by atoms with Gasteiger partial charge in [-0.15, -0.1) is 0 Å². The normalized spacial score (nSPS) is 9.27. The van der Waals surface area contributed by atoms with Gasteiger partial charge in [-0.3, -0.25) is 9.78 Å². The summed E-state index contributed by atoms with van der Waals surface area (Å²) in [6.45, 7) is 1.94. The van der Waals surface area contributed by atoms with E-state index in [-0.39, 0.29) is 0 Å². The lowest BCUT2D eigenvalue weighted by atomic mass is 10.3. The zero-order chi connectivity index (χ0) is 8.27. The number of aryl methyl sites for hydroxylation is 1. The highest BCUT2D eigenvalue weighted by Gasteiger charge is 1.97. The van der Waals surface area contributed by atoms with E-state index in [9.17, 15) is 4.79 Å². The zero-order valence-electron chi connectivity index (χ0n) is 6.61. The first-order valence-electron chi connectivity index (χ1n) is 3.34. The maximum atomic E-state index is 10.3. The Balaban J connectivity index is 2.95. The predicted octanol–water partition coefficient (Wildman–Crippen LogP) is 0.983. The zero-order valence-corrected chi connectivity index (χ0v) is 6.61. The molecule has 0 aliphatic carbocycles. The topological polar surface area (TPSA) is 33.2 Å². The van der Waals surface area contributed by atoms with Gasteiger partial charge in [-0.25, -0.2) is 0 Å². The Kier molecular flexibility index (Phi) is 2.21. The summed E-state index contributed by atoms with van der Waals surface area (Å²) < 4.78 is 0. The maximum Gasteiger partial charge on any atom is 0.213 e. The molecule has 0 bridgehead atoms. The number of carbonyl (C=O) groups is 1. The molecule has 0 aromatic carbocycles. The number of amides is 1. The van der Waals surface area contributed by atoms with Crippen LogP contribution >= 0.6 is 0 Å². The Morgan fingerprint density at radius 1 is 1.55 bits per heavy atom. The maximum absolute atomic E-state index is 10.3. The molecule has 0 unspecified atom stereocenters. The molecule has 1 heterocycles. The Morgan fingerprint density at radius 2 is 2.27 bits per heavy atom. The average Bonchev–Trinajstić information content (AvgIpc) is 2.03. The van der Waals surface area contributed by atoms with E-state index in [0.29, 0.717) is 0 Å².